The molecule has 0 fully saturated rings. The summed E-state index contributed by atoms with van der Waals surface area (Å²) in [5.74, 6) is -1.54. The molecule has 23 heavy (non-hydrogen) atoms. The number of carbonyl (C=O) groups excluding carboxylic acids is 1. The lowest BCUT2D eigenvalue weighted by atomic mass is 10.1. The van der Waals surface area contributed by atoms with Crippen LogP contribution in [0.3, 0.4) is 0 Å². The largest absolute Gasteiger partial charge is 0.478 e. The standard InChI is InChI=1S/C16H22O6S/c1-2-3-8-21-9-10-22-15(17)12-23(20)11-13-4-6-14(7-5-13)16(18)19/h4-7H,2-3,8-12H2,1H3,(H,18,19). The van der Waals surface area contributed by atoms with E-state index < -0.39 is 22.7 Å². The summed E-state index contributed by atoms with van der Waals surface area (Å²) in [4.78, 5) is 22.3. The van der Waals surface area contributed by atoms with Gasteiger partial charge >= 0.3 is 11.9 Å². The van der Waals surface area contributed by atoms with Crippen molar-refractivity contribution in [2.75, 3.05) is 25.6 Å². The highest BCUT2D eigenvalue weighted by atomic mass is 32.2. The van der Waals surface area contributed by atoms with E-state index in [9.17, 15) is 13.8 Å². The summed E-state index contributed by atoms with van der Waals surface area (Å²) in [6.07, 6.45) is 2.02. The minimum Gasteiger partial charge on any atom is -0.478 e. The minimum atomic E-state index is -1.39. The molecule has 0 radical (unpaired) electrons. The van der Waals surface area contributed by atoms with Crippen LogP contribution in [-0.2, 0) is 30.8 Å². The fourth-order valence-electron chi connectivity index (χ4n) is 1.72. The molecule has 1 aromatic carbocycles. The van der Waals surface area contributed by atoms with E-state index in [-0.39, 0.29) is 23.7 Å². The number of hydrogen-bond acceptors (Lipinski definition) is 5. The number of unbranched alkanes of at least 4 members (excludes halogenated alkanes) is 1. The van der Waals surface area contributed by atoms with Crippen LogP contribution < -0.4 is 0 Å². The van der Waals surface area contributed by atoms with Gasteiger partial charge in [0.15, 0.2) is 0 Å². The van der Waals surface area contributed by atoms with E-state index in [1.165, 1.54) is 12.1 Å². The van der Waals surface area contributed by atoms with Gasteiger partial charge in [-0.3, -0.25) is 9.00 Å². The molecule has 0 amide bonds. The third kappa shape index (κ3) is 8.47. The quantitative estimate of drug-likeness (QED) is 0.489. The summed E-state index contributed by atoms with van der Waals surface area (Å²) in [6.45, 7) is 3.21. The molecule has 0 spiro atoms. The fraction of sp³-hybridized carbons (Fsp3) is 0.500. The molecule has 1 atom stereocenters. The van der Waals surface area contributed by atoms with Gasteiger partial charge in [0.05, 0.1) is 12.2 Å². The van der Waals surface area contributed by atoms with Crippen LogP contribution in [0, 0.1) is 0 Å². The number of esters is 1. The first-order chi connectivity index (χ1) is 11.0. The highest BCUT2D eigenvalue weighted by Crippen LogP contribution is 2.07. The normalized spacial score (nSPS) is 11.9. The molecule has 6 nitrogen and oxygen atoms in total. The van der Waals surface area contributed by atoms with E-state index in [4.69, 9.17) is 14.6 Å². The van der Waals surface area contributed by atoms with Gasteiger partial charge in [-0.1, -0.05) is 25.5 Å². The Morgan fingerprint density at radius 2 is 1.83 bits per heavy atom. The van der Waals surface area contributed by atoms with Gasteiger partial charge < -0.3 is 14.6 Å². The molecular formula is C16H22O6S. The molecule has 0 aliphatic heterocycles. The molecule has 0 aliphatic rings. The third-order valence-electron chi connectivity index (χ3n) is 2.94. The summed E-state index contributed by atoms with van der Waals surface area (Å²) >= 11 is 0. The number of ether oxygens (including phenoxy) is 2. The Labute approximate surface area is 138 Å². The molecule has 128 valence electrons. The van der Waals surface area contributed by atoms with Crippen LogP contribution in [0.25, 0.3) is 0 Å². The van der Waals surface area contributed by atoms with Crippen molar-refractivity contribution < 1.29 is 28.4 Å². The fourth-order valence-corrected chi connectivity index (χ4v) is 2.73. The van der Waals surface area contributed by atoms with E-state index >= 15 is 0 Å². The van der Waals surface area contributed by atoms with Gasteiger partial charge in [0, 0.05) is 23.2 Å². The Hall–Kier alpha value is -1.73. The lowest BCUT2D eigenvalue weighted by Gasteiger charge is -2.06. The summed E-state index contributed by atoms with van der Waals surface area (Å²) < 4.78 is 22.1. The van der Waals surface area contributed by atoms with E-state index in [2.05, 4.69) is 6.92 Å². The maximum atomic E-state index is 11.9. The second kappa shape index (κ2) is 10.9. The number of carbonyl (C=O) groups is 2. The average molecular weight is 342 g/mol. The highest BCUT2D eigenvalue weighted by molar-refractivity contribution is 7.84. The Kier molecular flexibility index (Phi) is 9.16. The molecule has 1 N–H and O–H groups in total. The van der Waals surface area contributed by atoms with Crippen LogP contribution in [0.2, 0.25) is 0 Å². The molecule has 7 heteroatoms. The first kappa shape index (κ1) is 19.3. The second-order valence-corrected chi connectivity index (χ2v) is 6.37. The second-order valence-electron chi connectivity index (χ2n) is 4.92. The van der Waals surface area contributed by atoms with E-state index in [1.54, 1.807) is 12.1 Å². The van der Waals surface area contributed by atoms with Crippen LogP contribution in [0.5, 0.6) is 0 Å². The van der Waals surface area contributed by atoms with Gasteiger partial charge in [-0.25, -0.2) is 4.79 Å². The van der Waals surface area contributed by atoms with Crippen LogP contribution in [0.15, 0.2) is 24.3 Å². The van der Waals surface area contributed by atoms with Crippen molar-refractivity contribution in [2.45, 2.75) is 25.5 Å². The lowest BCUT2D eigenvalue weighted by molar-refractivity contribution is -0.142. The van der Waals surface area contributed by atoms with Crippen LogP contribution in [-0.4, -0.2) is 46.8 Å². The number of carboxylic acid groups (broad SMARTS) is 1. The molecule has 0 saturated heterocycles. The molecule has 0 saturated carbocycles. The molecule has 1 unspecified atom stereocenters. The summed E-state index contributed by atoms with van der Waals surface area (Å²) in [5, 5.41) is 8.80. The van der Waals surface area contributed by atoms with Crippen LogP contribution in [0.4, 0.5) is 0 Å². The Balaban J connectivity index is 2.24. The zero-order valence-corrected chi connectivity index (χ0v) is 14.0. The van der Waals surface area contributed by atoms with E-state index in [0.29, 0.717) is 18.8 Å². The van der Waals surface area contributed by atoms with Gasteiger partial charge in [-0.15, -0.1) is 0 Å². The van der Waals surface area contributed by atoms with E-state index in [0.717, 1.165) is 12.8 Å². The predicted molar refractivity (Wildman–Crippen MR) is 86.8 cm³/mol. The topological polar surface area (TPSA) is 89.9 Å². The molecule has 1 aromatic rings. The van der Waals surface area contributed by atoms with Gasteiger partial charge in [0.2, 0.25) is 0 Å². The summed E-state index contributed by atoms with van der Waals surface area (Å²) in [6, 6.07) is 6.07. The first-order valence-corrected chi connectivity index (χ1v) is 8.92. The number of carboxylic acids is 1. The van der Waals surface area contributed by atoms with Gasteiger partial charge in [-0.05, 0) is 24.1 Å². The highest BCUT2D eigenvalue weighted by Gasteiger charge is 2.10. The van der Waals surface area contributed by atoms with Crippen molar-refractivity contribution >= 4 is 22.7 Å². The van der Waals surface area contributed by atoms with Crippen LogP contribution >= 0.6 is 0 Å². The van der Waals surface area contributed by atoms with Gasteiger partial charge in [0.25, 0.3) is 0 Å². The number of rotatable bonds is 11. The van der Waals surface area contributed by atoms with Crippen molar-refractivity contribution in [3.8, 4) is 0 Å². The summed E-state index contributed by atoms with van der Waals surface area (Å²) in [5.41, 5.74) is 0.881. The van der Waals surface area contributed by atoms with Crippen molar-refractivity contribution in [3.63, 3.8) is 0 Å². The van der Waals surface area contributed by atoms with Crippen molar-refractivity contribution in [2.24, 2.45) is 0 Å². The Morgan fingerprint density at radius 3 is 2.43 bits per heavy atom. The molecule has 0 aliphatic carbocycles. The molecule has 1 rings (SSSR count). The number of benzene rings is 1. The SMILES string of the molecule is CCCCOCCOC(=O)CS(=O)Cc1ccc(C(=O)O)cc1. The zero-order chi connectivity index (χ0) is 17.1. The first-order valence-electron chi connectivity index (χ1n) is 7.43. The monoisotopic (exact) mass is 342 g/mol. The summed E-state index contributed by atoms with van der Waals surface area (Å²) in [7, 11) is -1.39. The number of hydrogen-bond donors (Lipinski definition) is 1. The zero-order valence-electron chi connectivity index (χ0n) is 13.2. The van der Waals surface area contributed by atoms with Crippen molar-refractivity contribution in [1.82, 2.24) is 0 Å². The Bertz CT molecular complexity index is 526. The van der Waals surface area contributed by atoms with E-state index in [1.807, 2.05) is 0 Å². The average Bonchev–Trinajstić information content (AvgIpc) is 2.51. The van der Waals surface area contributed by atoms with Crippen molar-refractivity contribution in [3.05, 3.63) is 35.4 Å². The van der Waals surface area contributed by atoms with Crippen LogP contribution in [0.1, 0.15) is 35.7 Å². The van der Waals surface area contributed by atoms with Crippen molar-refractivity contribution in [1.29, 1.82) is 0 Å². The minimum absolute atomic E-state index is 0.160. The van der Waals surface area contributed by atoms with Gasteiger partial charge in [0.1, 0.15) is 12.4 Å². The molecular weight excluding hydrogens is 320 g/mol. The predicted octanol–water partition coefficient (Wildman–Crippen LogP) is 1.99. The number of aromatic carboxylic acids is 1. The Morgan fingerprint density at radius 1 is 1.13 bits per heavy atom. The smallest absolute Gasteiger partial charge is 0.335 e. The molecule has 0 bridgehead atoms. The lowest BCUT2D eigenvalue weighted by Crippen LogP contribution is -2.18. The van der Waals surface area contributed by atoms with Gasteiger partial charge in [-0.2, -0.15) is 0 Å². The molecule has 0 aromatic heterocycles. The maximum absolute atomic E-state index is 11.9. The third-order valence-corrected chi connectivity index (χ3v) is 4.15. The maximum Gasteiger partial charge on any atom is 0.335 e. The molecule has 0 heterocycles.